The lowest BCUT2D eigenvalue weighted by Gasteiger charge is -2.12. The maximum atomic E-state index is 11.0. The summed E-state index contributed by atoms with van der Waals surface area (Å²) in [6.45, 7) is 3.34. The molecule has 1 aromatic rings. The van der Waals surface area contributed by atoms with Gasteiger partial charge in [-0.15, -0.1) is 0 Å². The van der Waals surface area contributed by atoms with Crippen LogP contribution < -0.4 is 5.32 Å². The molecule has 1 aromatic carbocycles. The van der Waals surface area contributed by atoms with Gasteiger partial charge in [0.25, 0.3) is 9.05 Å². The number of nitrogens with one attached hydrogen (secondary N) is 1. The van der Waals surface area contributed by atoms with Crippen LogP contribution in [0.25, 0.3) is 0 Å². The van der Waals surface area contributed by atoms with Crippen molar-refractivity contribution in [2.24, 2.45) is 0 Å². The highest BCUT2D eigenvalue weighted by molar-refractivity contribution is 8.13. The van der Waals surface area contributed by atoms with Crippen molar-refractivity contribution < 1.29 is 13.2 Å². The second-order valence-corrected chi connectivity index (χ2v) is 6.45. The Bertz CT molecular complexity index is 496. The van der Waals surface area contributed by atoms with Gasteiger partial charge in [0.15, 0.2) is 0 Å². The second kappa shape index (κ2) is 5.51. The Morgan fingerprint density at radius 2 is 1.88 bits per heavy atom. The average molecular weight is 276 g/mol. The summed E-state index contributed by atoms with van der Waals surface area (Å²) in [6, 6.07) is 6.29. The molecule has 0 aromatic heterocycles. The van der Waals surface area contributed by atoms with E-state index in [2.05, 4.69) is 5.32 Å². The highest BCUT2D eigenvalue weighted by Crippen LogP contribution is 2.15. The molecule has 0 bridgehead atoms. The van der Waals surface area contributed by atoms with Crippen molar-refractivity contribution in [3.63, 3.8) is 0 Å². The summed E-state index contributed by atoms with van der Waals surface area (Å²) in [7, 11) is 1.54. The van der Waals surface area contributed by atoms with Crippen LogP contribution in [0.4, 0.5) is 0 Å². The molecule has 4 nitrogen and oxygen atoms in total. The number of benzene rings is 1. The number of hydrogen-bond acceptors (Lipinski definition) is 3. The van der Waals surface area contributed by atoms with Crippen molar-refractivity contribution in [1.29, 1.82) is 0 Å². The van der Waals surface area contributed by atoms with E-state index in [1.807, 2.05) is 6.92 Å². The second-order valence-electron chi connectivity index (χ2n) is 3.89. The van der Waals surface area contributed by atoms with Crippen molar-refractivity contribution in [3.05, 3.63) is 29.8 Å². The Hall–Kier alpha value is -1.07. The van der Waals surface area contributed by atoms with Gasteiger partial charge in [-0.3, -0.25) is 4.79 Å². The van der Waals surface area contributed by atoms with Gasteiger partial charge in [0.1, 0.15) is 0 Å². The van der Waals surface area contributed by atoms with Gasteiger partial charge in [0.2, 0.25) is 5.91 Å². The number of carbonyl (C=O) groups excluding carboxylic acids is 1. The van der Waals surface area contributed by atoms with Crippen LogP contribution in [0.15, 0.2) is 29.2 Å². The summed E-state index contributed by atoms with van der Waals surface area (Å²) in [5.41, 5.74) is 0.940. The van der Waals surface area contributed by atoms with Gasteiger partial charge in [0, 0.05) is 23.6 Å². The summed E-state index contributed by atoms with van der Waals surface area (Å²) >= 11 is 0. The van der Waals surface area contributed by atoms with Gasteiger partial charge >= 0.3 is 0 Å². The molecule has 0 radical (unpaired) electrons. The molecule has 17 heavy (non-hydrogen) atoms. The molecule has 1 atom stereocenters. The maximum absolute atomic E-state index is 11.0. The van der Waals surface area contributed by atoms with Crippen molar-refractivity contribution in [3.8, 4) is 0 Å². The molecule has 0 spiro atoms. The Balaban J connectivity index is 2.72. The molecule has 0 aliphatic carbocycles. The summed E-state index contributed by atoms with van der Waals surface area (Å²) in [5.74, 6) is -0.0857. The van der Waals surface area contributed by atoms with Crippen LogP contribution in [-0.4, -0.2) is 20.4 Å². The number of hydrogen-bond donors (Lipinski definition) is 1. The van der Waals surface area contributed by atoms with Gasteiger partial charge in [-0.25, -0.2) is 8.42 Å². The number of rotatable bonds is 4. The molecular formula is C11H14ClNO3S. The molecule has 0 saturated heterocycles. The quantitative estimate of drug-likeness (QED) is 0.851. The molecule has 94 valence electrons. The monoisotopic (exact) mass is 275 g/mol. The summed E-state index contributed by atoms with van der Waals surface area (Å²) in [5, 5.41) is 2.75. The van der Waals surface area contributed by atoms with Crippen molar-refractivity contribution in [2.45, 2.75) is 31.2 Å². The standard InChI is InChI=1S/C11H14ClNO3S/c1-8(13-9(2)14)7-10-3-5-11(6-4-10)17(12,15)16/h3-6,8H,7H2,1-2H3,(H,13,14). The number of carbonyl (C=O) groups is 1. The molecule has 6 heteroatoms. The molecule has 1 unspecified atom stereocenters. The summed E-state index contributed by atoms with van der Waals surface area (Å²) in [6.07, 6.45) is 0.641. The summed E-state index contributed by atoms with van der Waals surface area (Å²) in [4.78, 5) is 10.9. The van der Waals surface area contributed by atoms with E-state index >= 15 is 0 Å². The highest BCUT2D eigenvalue weighted by Gasteiger charge is 2.10. The number of amides is 1. The van der Waals surface area contributed by atoms with Crippen molar-refractivity contribution in [1.82, 2.24) is 5.32 Å². The molecule has 1 amide bonds. The first-order chi connectivity index (χ1) is 7.79. The van der Waals surface area contributed by atoms with E-state index in [9.17, 15) is 13.2 Å². The lowest BCUT2D eigenvalue weighted by molar-refractivity contribution is -0.119. The SMILES string of the molecule is CC(=O)NC(C)Cc1ccc(S(=O)(=O)Cl)cc1. The fourth-order valence-corrected chi connectivity index (χ4v) is 2.31. The number of halogens is 1. The first kappa shape index (κ1) is 14.0. The lowest BCUT2D eigenvalue weighted by Crippen LogP contribution is -2.31. The third kappa shape index (κ3) is 4.75. The van der Waals surface area contributed by atoms with E-state index in [-0.39, 0.29) is 16.8 Å². The minimum Gasteiger partial charge on any atom is -0.354 e. The third-order valence-electron chi connectivity index (χ3n) is 2.20. The van der Waals surface area contributed by atoms with Crippen molar-refractivity contribution >= 4 is 25.6 Å². The Morgan fingerprint density at radius 1 is 1.35 bits per heavy atom. The average Bonchev–Trinajstić information content (AvgIpc) is 2.15. The van der Waals surface area contributed by atoms with E-state index in [1.165, 1.54) is 19.1 Å². The Labute approximate surface area is 105 Å². The van der Waals surface area contributed by atoms with Crippen LogP contribution in [0.1, 0.15) is 19.4 Å². The van der Waals surface area contributed by atoms with E-state index in [1.54, 1.807) is 12.1 Å². The van der Waals surface area contributed by atoms with Crippen molar-refractivity contribution in [2.75, 3.05) is 0 Å². The van der Waals surface area contributed by atoms with Crippen LogP contribution in [0, 0.1) is 0 Å². The fourth-order valence-electron chi connectivity index (χ4n) is 1.54. The zero-order valence-corrected chi connectivity index (χ0v) is 11.2. The van der Waals surface area contributed by atoms with E-state index in [4.69, 9.17) is 10.7 Å². The minimum absolute atomic E-state index is 0.00552. The predicted molar refractivity (Wildman–Crippen MR) is 66.5 cm³/mol. The van der Waals surface area contributed by atoms with Crippen LogP contribution >= 0.6 is 10.7 Å². The van der Waals surface area contributed by atoms with Crippen LogP contribution in [-0.2, 0) is 20.3 Å². The lowest BCUT2D eigenvalue weighted by atomic mass is 10.1. The van der Waals surface area contributed by atoms with E-state index in [0.717, 1.165) is 5.56 Å². The molecule has 1 rings (SSSR count). The topological polar surface area (TPSA) is 63.2 Å². The largest absolute Gasteiger partial charge is 0.354 e. The van der Waals surface area contributed by atoms with Gasteiger partial charge in [-0.2, -0.15) is 0 Å². The normalized spacial score (nSPS) is 13.1. The minimum atomic E-state index is -3.66. The predicted octanol–water partition coefficient (Wildman–Crippen LogP) is 1.68. The van der Waals surface area contributed by atoms with Crippen LogP contribution in [0.3, 0.4) is 0 Å². The zero-order chi connectivity index (χ0) is 13.1. The highest BCUT2D eigenvalue weighted by atomic mass is 35.7. The molecule has 0 heterocycles. The first-order valence-corrected chi connectivity index (χ1v) is 7.40. The fraction of sp³-hybridized carbons (Fsp3) is 0.364. The maximum Gasteiger partial charge on any atom is 0.261 e. The first-order valence-electron chi connectivity index (χ1n) is 5.10. The molecule has 0 fully saturated rings. The smallest absolute Gasteiger partial charge is 0.261 e. The zero-order valence-electron chi connectivity index (χ0n) is 9.60. The molecular weight excluding hydrogens is 262 g/mol. The van der Waals surface area contributed by atoms with E-state index < -0.39 is 9.05 Å². The van der Waals surface area contributed by atoms with Gasteiger partial charge in [0.05, 0.1) is 4.90 Å². The van der Waals surface area contributed by atoms with Crippen LogP contribution in [0.2, 0.25) is 0 Å². The Morgan fingerprint density at radius 3 is 2.29 bits per heavy atom. The molecule has 0 aliphatic heterocycles. The summed E-state index contributed by atoms with van der Waals surface area (Å²) < 4.78 is 22.0. The molecule has 1 N–H and O–H groups in total. The Kier molecular flexibility index (Phi) is 4.54. The van der Waals surface area contributed by atoms with Gasteiger partial charge in [-0.05, 0) is 31.0 Å². The molecule has 0 saturated carbocycles. The van der Waals surface area contributed by atoms with E-state index in [0.29, 0.717) is 6.42 Å². The van der Waals surface area contributed by atoms with Gasteiger partial charge in [-0.1, -0.05) is 12.1 Å². The third-order valence-corrected chi connectivity index (χ3v) is 3.57. The van der Waals surface area contributed by atoms with Crippen LogP contribution in [0.5, 0.6) is 0 Å². The van der Waals surface area contributed by atoms with Gasteiger partial charge < -0.3 is 5.32 Å². The molecule has 0 aliphatic rings.